The molecule has 0 radical (unpaired) electrons. The molecule has 2 aliphatic rings. The summed E-state index contributed by atoms with van der Waals surface area (Å²) in [5, 5.41) is 4.04. The molecule has 2 aliphatic heterocycles. The number of imide groups is 1. The quantitative estimate of drug-likeness (QED) is 0.590. The Morgan fingerprint density at radius 1 is 0.848 bits per heavy atom. The Hall–Kier alpha value is -1.99. The van der Waals surface area contributed by atoms with E-state index in [1.807, 2.05) is 6.07 Å². The molecule has 176 valence electrons. The maximum Gasteiger partial charge on any atom is 0.324 e. The molecule has 3 amide bonds. The van der Waals surface area contributed by atoms with Gasteiger partial charge >= 0.3 is 6.03 Å². The zero-order valence-electron chi connectivity index (χ0n) is 18.1. The van der Waals surface area contributed by atoms with Crippen molar-refractivity contribution in [1.82, 2.24) is 15.1 Å². The van der Waals surface area contributed by atoms with Crippen LogP contribution in [0.15, 0.2) is 42.5 Å². The molecule has 0 aromatic heterocycles. The van der Waals surface area contributed by atoms with Crippen molar-refractivity contribution in [3.63, 3.8) is 0 Å². The van der Waals surface area contributed by atoms with E-state index in [0.29, 0.717) is 39.8 Å². The van der Waals surface area contributed by atoms with Gasteiger partial charge < -0.3 is 9.64 Å². The molecule has 0 aliphatic carbocycles. The summed E-state index contributed by atoms with van der Waals surface area (Å²) in [6, 6.07) is 11.9. The number of hydrogen-bond acceptors (Lipinski definition) is 4. The molecular weight excluding hydrogens is 485 g/mol. The molecule has 9 heteroatoms. The van der Waals surface area contributed by atoms with Crippen molar-refractivity contribution >= 4 is 46.7 Å². The molecule has 4 rings (SSSR count). The van der Waals surface area contributed by atoms with E-state index in [-0.39, 0.29) is 12.1 Å². The van der Waals surface area contributed by atoms with Crippen molar-refractivity contribution in [1.29, 1.82) is 0 Å². The van der Waals surface area contributed by atoms with Gasteiger partial charge in [-0.1, -0.05) is 34.8 Å². The molecule has 2 aromatic carbocycles. The van der Waals surface area contributed by atoms with Crippen molar-refractivity contribution in [3.8, 4) is 5.75 Å². The predicted molar refractivity (Wildman–Crippen MR) is 131 cm³/mol. The van der Waals surface area contributed by atoms with Gasteiger partial charge in [0.2, 0.25) is 0 Å². The van der Waals surface area contributed by atoms with Crippen molar-refractivity contribution in [2.24, 2.45) is 0 Å². The van der Waals surface area contributed by atoms with Gasteiger partial charge in [0.05, 0.1) is 10.0 Å². The van der Waals surface area contributed by atoms with Gasteiger partial charge in [-0.25, -0.2) is 4.79 Å². The van der Waals surface area contributed by atoms with Gasteiger partial charge in [0.1, 0.15) is 11.9 Å². The zero-order valence-corrected chi connectivity index (χ0v) is 20.4. The molecule has 0 unspecified atom stereocenters. The van der Waals surface area contributed by atoms with Crippen LogP contribution in [-0.2, 0) is 0 Å². The van der Waals surface area contributed by atoms with E-state index in [0.717, 1.165) is 44.5 Å². The number of carbonyl (C=O) groups excluding carboxylic acids is 2. The van der Waals surface area contributed by atoms with Crippen molar-refractivity contribution < 1.29 is 14.3 Å². The molecule has 1 N–H and O–H groups in total. The average molecular weight is 511 g/mol. The lowest BCUT2D eigenvalue weighted by Crippen LogP contribution is -2.52. The summed E-state index contributed by atoms with van der Waals surface area (Å²) in [4.78, 5) is 29.0. The van der Waals surface area contributed by atoms with E-state index in [2.05, 4.69) is 10.2 Å². The number of halogens is 3. The molecule has 2 saturated heterocycles. The number of ether oxygens (including phenoxy) is 1. The highest BCUT2D eigenvalue weighted by Crippen LogP contribution is 2.29. The second-order valence-corrected chi connectivity index (χ2v) is 9.66. The topological polar surface area (TPSA) is 61.9 Å². The fraction of sp³-hybridized carbons (Fsp3) is 0.417. The van der Waals surface area contributed by atoms with Gasteiger partial charge in [-0.15, -0.1) is 0 Å². The average Bonchev–Trinajstić information content (AvgIpc) is 2.82. The molecular formula is C24H26Cl3N3O3. The summed E-state index contributed by atoms with van der Waals surface area (Å²) in [6.07, 6.45) is 3.82. The standard InChI is InChI=1S/C24H26Cl3N3O3/c25-17-3-1-16(2-4-17)23(31)28-24(32)30-11-7-18(8-12-30)29-13-9-19(10-14-29)33-20-5-6-21(26)22(27)15-20/h1-6,15,18-19H,7-14H2,(H,28,31,32). The smallest absolute Gasteiger partial charge is 0.324 e. The molecule has 0 spiro atoms. The lowest BCUT2D eigenvalue weighted by molar-refractivity contribution is 0.0534. The Kier molecular flexibility index (Phi) is 8.02. The fourth-order valence-corrected chi connectivity index (χ4v) is 4.80. The minimum absolute atomic E-state index is 0.156. The second-order valence-electron chi connectivity index (χ2n) is 8.41. The molecule has 2 fully saturated rings. The van der Waals surface area contributed by atoms with E-state index in [9.17, 15) is 9.59 Å². The van der Waals surface area contributed by atoms with Crippen LogP contribution in [0.5, 0.6) is 5.75 Å². The summed E-state index contributed by atoms with van der Waals surface area (Å²) in [5.74, 6) is 0.332. The van der Waals surface area contributed by atoms with Crippen LogP contribution in [0.1, 0.15) is 36.0 Å². The Bertz CT molecular complexity index is 986. The van der Waals surface area contributed by atoms with Crippen LogP contribution in [0.3, 0.4) is 0 Å². The van der Waals surface area contributed by atoms with E-state index in [4.69, 9.17) is 39.5 Å². The van der Waals surface area contributed by atoms with E-state index in [1.165, 1.54) is 0 Å². The van der Waals surface area contributed by atoms with Gasteiger partial charge in [-0.2, -0.15) is 0 Å². The third-order valence-electron chi connectivity index (χ3n) is 6.27. The molecule has 2 heterocycles. The van der Waals surface area contributed by atoms with Gasteiger partial charge in [-0.05, 0) is 62.1 Å². The van der Waals surface area contributed by atoms with E-state index >= 15 is 0 Å². The summed E-state index contributed by atoms with van der Waals surface area (Å²) in [6.45, 7) is 3.17. The second kappa shape index (κ2) is 11.0. The molecule has 2 aromatic rings. The third kappa shape index (κ3) is 6.33. The van der Waals surface area contributed by atoms with Crippen LogP contribution in [0.25, 0.3) is 0 Å². The molecule has 0 atom stereocenters. The normalized spacial score (nSPS) is 18.2. The first-order chi connectivity index (χ1) is 15.9. The molecule has 0 bridgehead atoms. The lowest BCUT2D eigenvalue weighted by Gasteiger charge is -2.41. The van der Waals surface area contributed by atoms with Gasteiger partial charge in [0.25, 0.3) is 5.91 Å². The first kappa shape index (κ1) is 24.1. The number of piperidine rings is 2. The number of benzene rings is 2. The van der Waals surface area contributed by atoms with Crippen LogP contribution in [0.2, 0.25) is 15.1 Å². The number of rotatable bonds is 4. The number of nitrogens with one attached hydrogen (secondary N) is 1. The summed E-state index contributed by atoms with van der Waals surface area (Å²) in [7, 11) is 0. The van der Waals surface area contributed by atoms with Crippen LogP contribution in [-0.4, -0.2) is 60.1 Å². The molecule has 6 nitrogen and oxygen atoms in total. The van der Waals surface area contributed by atoms with E-state index in [1.54, 1.807) is 41.3 Å². The lowest BCUT2D eigenvalue weighted by atomic mass is 9.99. The van der Waals surface area contributed by atoms with Gasteiger partial charge in [0, 0.05) is 48.9 Å². The maximum atomic E-state index is 12.5. The first-order valence-corrected chi connectivity index (χ1v) is 12.2. The first-order valence-electron chi connectivity index (χ1n) is 11.1. The Labute approximate surface area is 208 Å². The highest BCUT2D eigenvalue weighted by molar-refractivity contribution is 6.42. The molecule has 33 heavy (non-hydrogen) atoms. The number of nitrogens with zero attached hydrogens (tertiary/aromatic N) is 2. The third-order valence-corrected chi connectivity index (χ3v) is 7.26. The minimum atomic E-state index is -0.414. The minimum Gasteiger partial charge on any atom is -0.490 e. The van der Waals surface area contributed by atoms with E-state index < -0.39 is 5.91 Å². The Balaban J connectivity index is 1.20. The van der Waals surface area contributed by atoms with Crippen molar-refractivity contribution in [3.05, 3.63) is 63.1 Å². The molecule has 0 saturated carbocycles. The van der Waals surface area contributed by atoms with Crippen LogP contribution >= 0.6 is 34.8 Å². The predicted octanol–water partition coefficient (Wildman–Crippen LogP) is 5.50. The van der Waals surface area contributed by atoms with Gasteiger partial charge in [-0.3, -0.25) is 15.0 Å². The van der Waals surface area contributed by atoms with Crippen LogP contribution in [0, 0.1) is 0 Å². The van der Waals surface area contributed by atoms with Crippen molar-refractivity contribution in [2.45, 2.75) is 37.8 Å². The number of likely N-dealkylation sites (tertiary alicyclic amines) is 2. The summed E-state index contributed by atoms with van der Waals surface area (Å²) in [5.41, 5.74) is 0.411. The zero-order chi connectivity index (χ0) is 23.4. The largest absolute Gasteiger partial charge is 0.490 e. The SMILES string of the molecule is O=C(NC(=O)N1CCC(N2CCC(Oc3ccc(Cl)c(Cl)c3)CC2)CC1)c1ccc(Cl)cc1. The Morgan fingerprint density at radius 3 is 2.15 bits per heavy atom. The number of carbonyl (C=O) groups is 2. The van der Waals surface area contributed by atoms with Crippen LogP contribution in [0.4, 0.5) is 4.79 Å². The maximum absolute atomic E-state index is 12.5. The Morgan fingerprint density at radius 2 is 1.52 bits per heavy atom. The summed E-state index contributed by atoms with van der Waals surface area (Å²) < 4.78 is 6.09. The summed E-state index contributed by atoms with van der Waals surface area (Å²) >= 11 is 17.9. The fourth-order valence-electron chi connectivity index (χ4n) is 4.39. The number of urea groups is 1. The number of hydrogen-bond donors (Lipinski definition) is 1. The highest BCUT2D eigenvalue weighted by Gasteiger charge is 2.30. The number of amides is 3. The highest BCUT2D eigenvalue weighted by atomic mass is 35.5. The monoisotopic (exact) mass is 509 g/mol. The van der Waals surface area contributed by atoms with Crippen LogP contribution < -0.4 is 10.1 Å². The van der Waals surface area contributed by atoms with Crippen molar-refractivity contribution in [2.75, 3.05) is 26.2 Å². The van der Waals surface area contributed by atoms with Gasteiger partial charge in [0.15, 0.2) is 0 Å².